The zero-order valence-electron chi connectivity index (χ0n) is 47.3. The van der Waals surface area contributed by atoms with Crippen molar-refractivity contribution in [1.29, 1.82) is 0 Å². The van der Waals surface area contributed by atoms with Gasteiger partial charge in [0.25, 0.3) is 0 Å². The number of anilines is 1. The number of likely N-dealkylation sites (N-methyl/N-ethyl adjacent to an activating group) is 1. The van der Waals surface area contributed by atoms with E-state index in [0.29, 0.717) is 32.0 Å². The summed E-state index contributed by atoms with van der Waals surface area (Å²) in [7, 11) is 4.99. The molecular weight excluding hydrogens is 961 g/mol. The van der Waals surface area contributed by atoms with E-state index in [1.807, 2.05) is 40.0 Å². The van der Waals surface area contributed by atoms with Crippen LogP contribution in [0.4, 0.5) is 5.69 Å². The number of hydrogen-bond donors (Lipinski definition) is 4. The van der Waals surface area contributed by atoms with Crippen LogP contribution in [0, 0.1) is 23.7 Å². The smallest absolute Gasteiger partial charge is 0.311 e. The summed E-state index contributed by atoms with van der Waals surface area (Å²) in [4.78, 5) is 33.4. The maximum atomic E-state index is 14.5. The molecule has 19 atom stereocenters. The zero-order valence-corrected chi connectivity index (χ0v) is 47.3. The maximum absolute atomic E-state index is 14.5. The Balaban J connectivity index is 1.18. The average Bonchev–Trinajstić information content (AvgIpc) is 3.83. The van der Waals surface area contributed by atoms with Crippen LogP contribution in [0.25, 0.3) is 6.08 Å². The number of methoxy groups -OCH3 is 2. The number of hydrogen-bond acceptors (Lipinski definition) is 16. The standard InChI is InChI=1S/C59H92N2O14/c1-15-47-59(11,67)52(64)38(5)49(62)35(2)33-58(10,69-14)54(39(6)51(40(7)55(66)73-47)74-48-34-57(9,68-13)53(65)41(8)72-48)75-56-50(63)46(32-37(4)71-56)60(12)29-19-31-70-44-26-24-42(25-27-44)21-18-20-36(3)61-30-28-43-22-16-17-23-45(43)61/h16-18,21-27,35-41,46-48,50-54,56,63-65,67H,15,19-20,28-34H2,1-14H3/b21-18-/t35-,36+,37-,38+,39+,40-,41+,46+,47-,48+,50?,51+,52-,53+,54-,56+,57-,58-,59-/m1/s1. The van der Waals surface area contributed by atoms with Crippen molar-refractivity contribution in [3.8, 4) is 5.75 Å². The highest BCUT2D eigenvalue weighted by Crippen LogP contribution is 2.42. The van der Waals surface area contributed by atoms with E-state index in [4.69, 9.17) is 37.9 Å². The number of carbonyl (C=O) groups excluding carboxylic acids is 2. The topological polar surface area (TPSA) is 195 Å². The monoisotopic (exact) mass is 1050 g/mol. The van der Waals surface area contributed by atoms with Gasteiger partial charge >= 0.3 is 5.97 Å². The van der Waals surface area contributed by atoms with Crippen molar-refractivity contribution in [3.05, 3.63) is 65.7 Å². The number of Topliss-reactive ketones (excluding diaryl/α,β-unsaturated/α-hetero) is 1. The minimum Gasteiger partial charge on any atom is -0.494 e. The lowest BCUT2D eigenvalue weighted by Gasteiger charge is -2.50. The molecule has 4 aliphatic heterocycles. The minimum absolute atomic E-state index is 0.0826. The Morgan fingerprint density at radius 1 is 0.880 bits per heavy atom. The van der Waals surface area contributed by atoms with Crippen molar-refractivity contribution in [1.82, 2.24) is 4.90 Å². The van der Waals surface area contributed by atoms with E-state index in [1.54, 1.807) is 41.5 Å². The van der Waals surface area contributed by atoms with Gasteiger partial charge < -0.3 is 68.1 Å². The first-order chi connectivity index (χ1) is 35.4. The summed E-state index contributed by atoms with van der Waals surface area (Å²) >= 11 is 0. The molecule has 0 amide bonds. The third-order valence-electron chi connectivity index (χ3n) is 17.2. The second-order valence-electron chi connectivity index (χ2n) is 23.0. The van der Waals surface area contributed by atoms with Gasteiger partial charge in [-0.15, -0.1) is 0 Å². The van der Waals surface area contributed by atoms with Crippen LogP contribution in [-0.2, 0) is 49.2 Å². The average molecular weight is 1050 g/mol. The summed E-state index contributed by atoms with van der Waals surface area (Å²) in [5, 5.41) is 46.8. The van der Waals surface area contributed by atoms with Gasteiger partial charge in [0, 0.05) is 69.3 Å². The number of fused-ring (bicyclic) bond motifs is 1. The van der Waals surface area contributed by atoms with Crippen LogP contribution in [0.15, 0.2) is 54.6 Å². The van der Waals surface area contributed by atoms with E-state index in [0.717, 1.165) is 30.7 Å². The van der Waals surface area contributed by atoms with Gasteiger partial charge in [-0.3, -0.25) is 9.59 Å². The van der Waals surface area contributed by atoms with Crippen LogP contribution in [0.3, 0.4) is 0 Å². The SMILES string of the molecule is CC[C@H]1OC(=O)[C@H](C)[C@@H](O[C@H]2C[C@@](C)(OC)[C@@H](O)[C@H](C)O2)[C@H](C)[C@@H](O[C@@H]2O[C@H](C)C[C@H](N(C)CCCOc3ccc(/C=C\C[C@H](C)N4CCc5ccccc54)cc3)C2O)[C@](C)(OC)C[C@@H](C)C(=O)[C@H](C)[C@@H](O)[C@]1(C)O. The van der Waals surface area contributed by atoms with Crippen molar-refractivity contribution >= 4 is 23.5 Å². The predicted octanol–water partition coefficient (Wildman–Crippen LogP) is 7.13. The summed E-state index contributed by atoms with van der Waals surface area (Å²) in [6, 6.07) is 16.8. The van der Waals surface area contributed by atoms with Gasteiger partial charge in [0.15, 0.2) is 12.6 Å². The third-order valence-corrected chi connectivity index (χ3v) is 17.2. The molecule has 422 valence electrons. The Morgan fingerprint density at radius 2 is 1.56 bits per heavy atom. The van der Waals surface area contributed by atoms with Crippen molar-refractivity contribution in [2.75, 3.05) is 45.9 Å². The van der Waals surface area contributed by atoms with E-state index in [9.17, 15) is 30.0 Å². The third kappa shape index (κ3) is 14.0. The minimum atomic E-state index is -1.99. The fraction of sp³-hybridized carbons (Fsp3) is 0.729. The number of aliphatic hydroxyl groups is 4. The van der Waals surface area contributed by atoms with Gasteiger partial charge in [-0.1, -0.05) is 70.2 Å². The second kappa shape index (κ2) is 26.0. The van der Waals surface area contributed by atoms with Crippen LogP contribution in [0.1, 0.15) is 126 Å². The molecule has 0 spiro atoms. The molecule has 16 heteroatoms. The van der Waals surface area contributed by atoms with E-state index in [-0.39, 0.29) is 37.2 Å². The number of para-hydroxylation sites is 1. The number of carbonyl (C=O) groups is 2. The maximum Gasteiger partial charge on any atom is 0.311 e. The predicted molar refractivity (Wildman–Crippen MR) is 287 cm³/mol. The van der Waals surface area contributed by atoms with Crippen molar-refractivity contribution in [2.45, 2.75) is 211 Å². The molecule has 2 aromatic carbocycles. The molecule has 1 unspecified atom stereocenters. The number of nitrogens with zero attached hydrogens (tertiary/aromatic N) is 2. The number of cyclic esters (lactones) is 1. The van der Waals surface area contributed by atoms with E-state index < -0.39 is 102 Å². The molecule has 0 aliphatic carbocycles. The Kier molecular flexibility index (Phi) is 21.0. The molecule has 75 heavy (non-hydrogen) atoms. The molecule has 2 aromatic rings. The van der Waals surface area contributed by atoms with Crippen LogP contribution >= 0.6 is 0 Å². The highest BCUT2D eigenvalue weighted by Gasteiger charge is 2.54. The Morgan fingerprint density at radius 3 is 2.23 bits per heavy atom. The molecule has 6 rings (SSSR count). The Labute approximate surface area is 447 Å². The second-order valence-corrected chi connectivity index (χ2v) is 23.0. The first kappa shape index (κ1) is 60.7. The number of ether oxygens (including phenoxy) is 8. The lowest BCUT2D eigenvalue weighted by molar-refractivity contribution is -0.319. The van der Waals surface area contributed by atoms with Crippen molar-refractivity contribution in [3.63, 3.8) is 0 Å². The lowest BCUT2D eigenvalue weighted by Crippen LogP contribution is -2.61. The number of benzene rings is 2. The number of rotatable bonds is 17. The van der Waals surface area contributed by atoms with Gasteiger partial charge in [0.1, 0.15) is 35.4 Å². The summed E-state index contributed by atoms with van der Waals surface area (Å²) < 4.78 is 51.1. The normalized spacial score (nSPS) is 38.8. The first-order valence-corrected chi connectivity index (χ1v) is 27.6. The number of aliphatic hydroxyl groups excluding tert-OH is 3. The summed E-state index contributed by atoms with van der Waals surface area (Å²) in [5.41, 5.74) is -0.481. The molecule has 16 nitrogen and oxygen atoms in total. The molecule has 3 fully saturated rings. The van der Waals surface area contributed by atoms with Gasteiger partial charge in [0.05, 0.1) is 54.2 Å². The molecule has 4 heterocycles. The molecule has 4 N–H and O–H groups in total. The molecule has 3 saturated heterocycles. The molecule has 0 radical (unpaired) electrons. The number of ketones is 1. The molecule has 4 aliphatic rings. The van der Waals surface area contributed by atoms with Gasteiger partial charge in [0.2, 0.25) is 0 Å². The molecule has 0 bridgehead atoms. The first-order valence-electron chi connectivity index (χ1n) is 27.6. The zero-order chi connectivity index (χ0) is 55.2. The largest absolute Gasteiger partial charge is 0.494 e. The van der Waals surface area contributed by atoms with Crippen LogP contribution in [0.5, 0.6) is 5.75 Å². The lowest BCUT2D eigenvalue weighted by atomic mass is 9.74. The van der Waals surface area contributed by atoms with Crippen LogP contribution in [-0.4, -0.2) is 168 Å². The highest BCUT2D eigenvalue weighted by atomic mass is 16.7. The Hall–Kier alpha value is -3.52. The fourth-order valence-electron chi connectivity index (χ4n) is 12.2. The van der Waals surface area contributed by atoms with Crippen LogP contribution < -0.4 is 9.64 Å². The quantitative estimate of drug-likeness (QED) is 0.0922. The fourth-order valence-corrected chi connectivity index (χ4v) is 12.2. The summed E-state index contributed by atoms with van der Waals surface area (Å²) in [6.07, 6.45) is -2.19. The summed E-state index contributed by atoms with van der Waals surface area (Å²) in [5.74, 6) is -3.87. The van der Waals surface area contributed by atoms with Gasteiger partial charge in [-0.2, -0.15) is 0 Å². The van der Waals surface area contributed by atoms with E-state index in [2.05, 4.69) is 65.3 Å². The van der Waals surface area contributed by atoms with Crippen molar-refractivity contribution < 1.29 is 67.9 Å². The molecule has 0 saturated carbocycles. The van der Waals surface area contributed by atoms with Gasteiger partial charge in [-0.05, 0) is 123 Å². The Bertz CT molecular complexity index is 2180. The van der Waals surface area contributed by atoms with Gasteiger partial charge in [-0.25, -0.2) is 0 Å². The molecule has 0 aromatic heterocycles. The number of esters is 1. The van der Waals surface area contributed by atoms with Crippen molar-refractivity contribution in [2.24, 2.45) is 23.7 Å². The molecular formula is C59H92N2O14. The van der Waals surface area contributed by atoms with E-state index >= 15 is 0 Å². The van der Waals surface area contributed by atoms with E-state index in [1.165, 1.54) is 32.4 Å². The van der Waals surface area contributed by atoms with Crippen LogP contribution in [0.2, 0.25) is 0 Å². The summed E-state index contributed by atoms with van der Waals surface area (Å²) in [6.45, 7) is 21.6. The highest BCUT2D eigenvalue weighted by molar-refractivity contribution is 5.83.